The van der Waals surface area contributed by atoms with Crippen LogP contribution in [-0.4, -0.2) is 61.9 Å². The van der Waals surface area contributed by atoms with E-state index in [2.05, 4.69) is 88.8 Å². The van der Waals surface area contributed by atoms with Crippen LogP contribution in [0.2, 0.25) is 0 Å². The van der Waals surface area contributed by atoms with E-state index in [-0.39, 0.29) is 29.7 Å². The van der Waals surface area contributed by atoms with E-state index in [0.717, 1.165) is 84.9 Å². The third-order valence-electron chi connectivity index (χ3n) is 11.4. The topological polar surface area (TPSA) is 125 Å². The number of rotatable bonds is 15. The highest BCUT2D eigenvalue weighted by molar-refractivity contribution is 5.84. The van der Waals surface area contributed by atoms with Crippen molar-refractivity contribution >= 4 is 24.1 Å². The lowest BCUT2D eigenvalue weighted by Crippen LogP contribution is -2.50. The number of carbonyl (C=O) groups is 1. The third kappa shape index (κ3) is 9.08. The van der Waals surface area contributed by atoms with Crippen molar-refractivity contribution in [2.75, 3.05) is 6.54 Å². The van der Waals surface area contributed by atoms with Gasteiger partial charge in [-0.1, -0.05) is 50.8 Å². The number of amides is 1. The predicted octanol–water partition coefficient (Wildman–Crippen LogP) is 8.37. The summed E-state index contributed by atoms with van der Waals surface area (Å²) in [6.07, 6.45) is 17.2. The number of benzene rings is 1. The Balaban J connectivity index is 1.09. The van der Waals surface area contributed by atoms with Gasteiger partial charge in [0.25, 0.3) is 0 Å². The van der Waals surface area contributed by atoms with Gasteiger partial charge >= 0.3 is 6.18 Å². The highest BCUT2D eigenvalue weighted by Gasteiger charge is 2.45. The lowest BCUT2D eigenvalue weighted by atomic mass is 9.86. The molecule has 300 valence electrons. The average Bonchev–Trinajstić information content (AvgIpc) is 4.07. The number of nitrogens with two attached hydrogens (primary N) is 1. The smallest absolute Gasteiger partial charge is 0.404 e. The Morgan fingerprint density at radius 1 is 1.16 bits per heavy atom. The summed E-state index contributed by atoms with van der Waals surface area (Å²) in [7, 11) is 0. The van der Waals surface area contributed by atoms with Gasteiger partial charge < -0.3 is 21.3 Å². The maximum Gasteiger partial charge on any atom is 0.419 e. The number of allylic oxidation sites excluding steroid dienone is 4. The molecule has 4 aliphatic rings. The molecule has 0 spiro atoms. The minimum atomic E-state index is -4.60. The minimum absolute atomic E-state index is 0.0381. The van der Waals surface area contributed by atoms with Gasteiger partial charge in [-0.2, -0.15) is 13.2 Å². The van der Waals surface area contributed by atoms with Crippen molar-refractivity contribution in [3.63, 3.8) is 0 Å². The lowest BCUT2D eigenvalue weighted by molar-refractivity contribution is -0.123. The molecule has 3 aliphatic carbocycles. The molecular weight excluding hydrogens is 728 g/mol. The Morgan fingerprint density at radius 3 is 2.54 bits per heavy atom. The summed E-state index contributed by atoms with van der Waals surface area (Å²) >= 11 is 0. The maximum atomic E-state index is 14.2. The van der Waals surface area contributed by atoms with Crippen LogP contribution in [0.3, 0.4) is 0 Å². The van der Waals surface area contributed by atoms with E-state index in [0.29, 0.717) is 24.2 Å². The summed E-state index contributed by atoms with van der Waals surface area (Å²) in [5.74, 6) is 1.11. The first-order chi connectivity index (χ1) is 27.2. The van der Waals surface area contributed by atoms with E-state index in [1.54, 1.807) is 6.21 Å². The highest BCUT2D eigenvalue weighted by atomic mass is 19.4. The fourth-order valence-corrected chi connectivity index (χ4v) is 7.47. The van der Waals surface area contributed by atoms with E-state index in [4.69, 9.17) is 10.7 Å². The number of hydrogen-bond donors (Lipinski definition) is 3. The van der Waals surface area contributed by atoms with Crippen molar-refractivity contribution in [2.45, 2.75) is 108 Å². The van der Waals surface area contributed by atoms with E-state index >= 15 is 0 Å². The van der Waals surface area contributed by atoms with Crippen molar-refractivity contribution in [3.8, 4) is 11.1 Å². The third-order valence-corrected chi connectivity index (χ3v) is 11.4. The summed E-state index contributed by atoms with van der Waals surface area (Å²) < 4.78 is 42.0. The summed E-state index contributed by atoms with van der Waals surface area (Å²) in [6, 6.07) is 7.94. The van der Waals surface area contributed by atoms with Gasteiger partial charge in [0.1, 0.15) is 5.82 Å². The molecule has 1 amide bonds. The normalized spacial score (nSPS) is 21.2. The Morgan fingerprint density at radius 2 is 1.91 bits per heavy atom. The molecule has 3 unspecified atom stereocenters. The molecule has 57 heavy (non-hydrogen) atoms. The Kier molecular flexibility index (Phi) is 11.0. The monoisotopic (exact) mass is 779 g/mol. The molecule has 3 saturated carbocycles. The Bertz CT molecular complexity index is 2200. The first kappa shape index (κ1) is 39.8. The van der Waals surface area contributed by atoms with E-state index in [1.807, 2.05) is 41.6 Å². The molecular formula is C44H52F3N9O. The number of aromatic nitrogens is 3. The molecule has 3 fully saturated rings. The number of carbonyl (C=O) groups excluding carboxylic acids is 1. The largest absolute Gasteiger partial charge is 0.419 e. The van der Waals surface area contributed by atoms with Crippen LogP contribution in [0.15, 0.2) is 112 Å². The Hall–Kier alpha value is -5.46. The van der Waals surface area contributed by atoms with Gasteiger partial charge in [-0.25, -0.2) is 15.0 Å². The van der Waals surface area contributed by atoms with Gasteiger partial charge in [-0.3, -0.25) is 14.2 Å². The molecule has 1 aromatic carbocycles. The first-order valence-electron chi connectivity index (χ1n) is 19.8. The molecule has 1 aliphatic heterocycles. The second-order valence-electron chi connectivity index (χ2n) is 16.6. The minimum Gasteiger partial charge on any atom is -0.404 e. The zero-order valence-electron chi connectivity index (χ0n) is 33.1. The fraction of sp³-hybridized carbons (Fsp3) is 0.432. The van der Waals surface area contributed by atoms with E-state index < -0.39 is 23.3 Å². The molecule has 0 bridgehead atoms. The number of fused-ring (bicyclic) bond motifs is 1. The number of aliphatic imine (C=N–C) groups is 2. The summed E-state index contributed by atoms with van der Waals surface area (Å²) in [5.41, 5.74) is 10.9. The number of alkyl halides is 3. The van der Waals surface area contributed by atoms with Gasteiger partial charge in [0.2, 0.25) is 11.7 Å². The molecule has 7 rings (SSSR count). The van der Waals surface area contributed by atoms with Crippen molar-refractivity contribution in [1.29, 1.82) is 0 Å². The van der Waals surface area contributed by atoms with Gasteiger partial charge in [-0.05, 0) is 87.5 Å². The van der Waals surface area contributed by atoms with Crippen molar-refractivity contribution in [2.24, 2.45) is 21.6 Å². The Labute approximate surface area is 332 Å². The quantitative estimate of drug-likeness (QED) is 0.133. The van der Waals surface area contributed by atoms with Crippen LogP contribution in [0.5, 0.6) is 0 Å². The van der Waals surface area contributed by atoms with Crippen LogP contribution >= 0.6 is 0 Å². The summed E-state index contributed by atoms with van der Waals surface area (Å²) in [5, 5.41) is 7.05. The van der Waals surface area contributed by atoms with Crippen LogP contribution in [0, 0.1) is 5.92 Å². The van der Waals surface area contributed by atoms with E-state index in [1.165, 1.54) is 5.57 Å². The van der Waals surface area contributed by atoms with Gasteiger partial charge in [0.15, 0.2) is 0 Å². The SMILES string of the molecule is C=C1N=CC=CN1/C(=C\CC)CC(NC(=O)C1CC1c1ccc(-c2cnc3nc(C4(C)CC4)cn3c2)cc1)C(NC(C)(C)CN=C/C(=C\N)C(F)(F)F)=C1CCC1. The number of hydrogen-bond acceptors (Lipinski definition) is 8. The summed E-state index contributed by atoms with van der Waals surface area (Å²) in [6.45, 7) is 12.3. The number of imidazole rings is 1. The van der Waals surface area contributed by atoms with Crippen LogP contribution in [0.25, 0.3) is 16.9 Å². The van der Waals surface area contributed by atoms with Gasteiger partial charge in [0, 0.05) is 78.1 Å². The van der Waals surface area contributed by atoms with Crippen LogP contribution < -0.4 is 16.4 Å². The van der Waals surface area contributed by atoms with Gasteiger partial charge in [-0.15, -0.1) is 0 Å². The van der Waals surface area contributed by atoms with Gasteiger partial charge in [0.05, 0.1) is 29.4 Å². The molecule has 10 nitrogen and oxygen atoms in total. The van der Waals surface area contributed by atoms with Crippen molar-refractivity contribution in [1.82, 2.24) is 29.9 Å². The van der Waals surface area contributed by atoms with Crippen molar-refractivity contribution < 1.29 is 18.0 Å². The fourth-order valence-electron chi connectivity index (χ4n) is 7.47. The second-order valence-corrected chi connectivity index (χ2v) is 16.6. The van der Waals surface area contributed by atoms with Crippen LogP contribution in [-0.2, 0) is 10.2 Å². The summed E-state index contributed by atoms with van der Waals surface area (Å²) in [4.78, 5) is 34.1. The average molecular weight is 780 g/mol. The maximum absolute atomic E-state index is 14.2. The zero-order valence-corrected chi connectivity index (χ0v) is 33.1. The molecule has 4 N–H and O–H groups in total. The predicted molar refractivity (Wildman–Crippen MR) is 219 cm³/mol. The lowest BCUT2D eigenvalue weighted by Gasteiger charge is -2.37. The molecule has 2 aromatic heterocycles. The number of nitrogens with one attached hydrogen (secondary N) is 2. The first-order valence-corrected chi connectivity index (χ1v) is 19.8. The molecule has 3 heterocycles. The molecule has 3 atom stereocenters. The number of halogens is 3. The standard InChI is InChI=1S/C44H52F3N9O/c1-6-9-34(56-19-8-18-50-28(56)2)20-37(39(31-10-7-11-31)54-42(3,4)27-49-24-33(22-48)44(45,46)47)52-40(57)36-21-35(36)30-14-12-29(13-15-30)32-23-51-41-53-38(26-55(41)25-32)43(5)16-17-43/h8-9,12-15,18-19,22-26,35-37,54H,2,6-7,10-11,16-17,20-21,27,48H2,1,3-5H3,(H,52,57)/b33-22+,34-9-,49-24?. The molecule has 13 heteroatoms. The second kappa shape index (κ2) is 15.8. The van der Waals surface area contributed by atoms with Crippen molar-refractivity contribution in [3.05, 3.63) is 114 Å². The number of nitrogens with zero attached hydrogens (tertiary/aromatic N) is 6. The van der Waals surface area contributed by atoms with Crippen LogP contribution in [0.4, 0.5) is 13.2 Å². The zero-order chi connectivity index (χ0) is 40.5. The van der Waals surface area contributed by atoms with Crippen LogP contribution in [0.1, 0.15) is 96.2 Å². The van der Waals surface area contributed by atoms with E-state index in [9.17, 15) is 18.0 Å². The molecule has 0 saturated heterocycles. The molecule has 0 radical (unpaired) electrons. The molecule has 3 aromatic rings. The highest BCUT2D eigenvalue weighted by Crippen LogP contribution is 2.49.